The van der Waals surface area contributed by atoms with Crippen molar-refractivity contribution in [1.29, 1.82) is 0 Å². The van der Waals surface area contributed by atoms with Crippen LogP contribution in [-0.2, 0) is 0 Å². The SMILES string of the molecule is NC1CCC(n2nccc2Cl)C1. The molecule has 0 radical (unpaired) electrons. The highest BCUT2D eigenvalue weighted by atomic mass is 35.5. The van der Waals surface area contributed by atoms with Gasteiger partial charge in [0.1, 0.15) is 5.15 Å². The van der Waals surface area contributed by atoms with Crippen LogP contribution in [-0.4, -0.2) is 15.8 Å². The Morgan fingerprint density at radius 1 is 1.58 bits per heavy atom. The van der Waals surface area contributed by atoms with Gasteiger partial charge in [0.15, 0.2) is 0 Å². The highest BCUT2D eigenvalue weighted by Crippen LogP contribution is 2.30. The van der Waals surface area contributed by atoms with E-state index < -0.39 is 0 Å². The summed E-state index contributed by atoms with van der Waals surface area (Å²) in [6, 6.07) is 2.56. The normalized spacial score (nSPS) is 29.5. The molecule has 0 aliphatic heterocycles. The number of nitrogens with two attached hydrogens (primary N) is 1. The molecule has 2 unspecified atom stereocenters. The van der Waals surface area contributed by atoms with Gasteiger partial charge in [0.05, 0.1) is 12.2 Å². The Bertz CT molecular complexity index is 271. The summed E-state index contributed by atoms with van der Waals surface area (Å²) in [5.74, 6) is 0. The number of hydrogen-bond donors (Lipinski definition) is 1. The summed E-state index contributed by atoms with van der Waals surface area (Å²) >= 11 is 5.93. The lowest BCUT2D eigenvalue weighted by atomic mass is 10.2. The Labute approximate surface area is 76.5 Å². The first-order valence-electron chi connectivity index (χ1n) is 4.22. The van der Waals surface area contributed by atoms with Gasteiger partial charge in [0.25, 0.3) is 0 Å². The molecule has 4 heteroatoms. The Balaban J connectivity index is 2.16. The number of halogens is 1. The molecule has 1 aliphatic rings. The molecule has 2 atom stereocenters. The summed E-state index contributed by atoms with van der Waals surface area (Å²) in [4.78, 5) is 0. The molecule has 1 fully saturated rings. The molecule has 1 heterocycles. The summed E-state index contributed by atoms with van der Waals surface area (Å²) in [5, 5.41) is 4.88. The van der Waals surface area contributed by atoms with E-state index in [0.29, 0.717) is 17.2 Å². The van der Waals surface area contributed by atoms with Crippen LogP contribution < -0.4 is 5.73 Å². The van der Waals surface area contributed by atoms with Gasteiger partial charge in [-0.25, -0.2) is 0 Å². The maximum Gasteiger partial charge on any atom is 0.127 e. The molecule has 3 nitrogen and oxygen atoms in total. The molecule has 0 amide bonds. The van der Waals surface area contributed by atoms with Crippen LogP contribution in [0.5, 0.6) is 0 Å². The Morgan fingerprint density at radius 2 is 2.42 bits per heavy atom. The number of aromatic nitrogens is 2. The van der Waals surface area contributed by atoms with Gasteiger partial charge in [0.2, 0.25) is 0 Å². The average molecular weight is 186 g/mol. The minimum atomic E-state index is 0.329. The molecule has 2 N–H and O–H groups in total. The van der Waals surface area contributed by atoms with Gasteiger partial charge in [-0.05, 0) is 25.3 Å². The van der Waals surface area contributed by atoms with Crippen LogP contribution in [0.15, 0.2) is 12.3 Å². The third kappa shape index (κ3) is 1.34. The van der Waals surface area contributed by atoms with E-state index in [-0.39, 0.29) is 0 Å². The molecular formula is C8H12ClN3. The van der Waals surface area contributed by atoms with Crippen molar-refractivity contribution in [2.75, 3.05) is 0 Å². The summed E-state index contributed by atoms with van der Waals surface area (Å²) in [6.45, 7) is 0. The summed E-state index contributed by atoms with van der Waals surface area (Å²) in [6.07, 6.45) is 4.91. The Hall–Kier alpha value is -0.540. The number of hydrogen-bond acceptors (Lipinski definition) is 2. The molecule has 1 saturated carbocycles. The highest BCUT2D eigenvalue weighted by molar-refractivity contribution is 6.29. The first kappa shape index (κ1) is 8.08. The molecule has 1 aromatic rings. The molecule has 2 rings (SSSR count). The quantitative estimate of drug-likeness (QED) is 0.722. The fraction of sp³-hybridized carbons (Fsp3) is 0.625. The minimum Gasteiger partial charge on any atom is -0.328 e. The van der Waals surface area contributed by atoms with Crippen molar-refractivity contribution in [3.63, 3.8) is 0 Å². The molecule has 1 aromatic heterocycles. The zero-order chi connectivity index (χ0) is 8.55. The van der Waals surface area contributed by atoms with Crippen molar-refractivity contribution in [3.05, 3.63) is 17.4 Å². The van der Waals surface area contributed by atoms with Crippen molar-refractivity contribution in [3.8, 4) is 0 Å². The molecule has 0 saturated heterocycles. The predicted molar refractivity (Wildman–Crippen MR) is 48.1 cm³/mol. The van der Waals surface area contributed by atoms with Crippen molar-refractivity contribution in [2.24, 2.45) is 5.73 Å². The molecule has 0 bridgehead atoms. The predicted octanol–water partition coefficient (Wildman–Crippen LogP) is 1.59. The fourth-order valence-corrected chi connectivity index (χ4v) is 2.02. The topological polar surface area (TPSA) is 43.8 Å². The van der Waals surface area contributed by atoms with Crippen molar-refractivity contribution in [2.45, 2.75) is 31.3 Å². The largest absolute Gasteiger partial charge is 0.328 e. The molecule has 12 heavy (non-hydrogen) atoms. The molecule has 0 spiro atoms. The van der Waals surface area contributed by atoms with Crippen LogP contribution in [0.25, 0.3) is 0 Å². The van der Waals surface area contributed by atoms with E-state index in [1.807, 2.05) is 10.7 Å². The van der Waals surface area contributed by atoms with E-state index in [0.717, 1.165) is 19.3 Å². The minimum absolute atomic E-state index is 0.329. The number of nitrogens with zero attached hydrogens (tertiary/aromatic N) is 2. The van der Waals surface area contributed by atoms with Gasteiger partial charge in [0, 0.05) is 6.04 Å². The van der Waals surface area contributed by atoms with Gasteiger partial charge in [-0.3, -0.25) is 4.68 Å². The van der Waals surface area contributed by atoms with Crippen LogP contribution in [0.2, 0.25) is 5.15 Å². The van der Waals surface area contributed by atoms with E-state index in [1.165, 1.54) is 0 Å². The van der Waals surface area contributed by atoms with Gasteiger partial charge >= 0.3 is 0 Å². The molecule has 66 valence electrons. The third-order valence-electron chi connectivity index (χ3n) is 2.41. The van der Waals surface area contributed by atoms with E-state index in [1.54, 1.807) is 6.20 Å². The summed E-state index contributed by atoms with van der Waals surface area (Å²) < 4.78 is 1.87. The first-order valence-corrected chi connectivity index (χ1v) is 4.60. The van der Waals surface area contributed by atoms with Crippen LogP contribution in [0.1, 0.15) is 25.3 Å². The van der Waals surface area contributed by atoms with E-state index in [2.05, 4.69) is 5.10 Å². The van der Waals surface area contributed by atoms with Crippen LogP contribution >= 0.6 is 11.6 Å². The van der Waals surface area contributed by atoms with Gasteiger partial charge in [-0.15, -0.1) is 0 Å². The standard InChI is InChI=1S/C8H12ClN3/c9-8-3-4-11-12(8)7-2-1-6(10)5-7/h3-4,6-7H,1-2,5,10H2. The summed E-state index contributed by atoms with van der Waals surface area (Å²) in [5.41, 5.74) is 5.80. The van der Waals surface area contributed by atoms with Crippen molar-refractivity contribution in [1.82, 2.24) is 9.78 Å². The zero-order valence-electron chi connectivity index (χ0n) is 6.78. The van der Waals surface area contributed by atoms with Crippen LogP contribution in [0, 0.1) is 0 Å². The molecule has 1 aliphatic carbocycles. The second-order valence-electron chi connectivity index (χ2n) is 3.33. The fourth-order valence-electron chi connectivity index (χ4n) is 1.78. The van der Waals surface area contributed by atoms with E-state index in [4.69, 9.17) is 17.3 Å². The monoisotopic (exact) mass is 185 g/mol. The lowest BCUT2D eigenvalue weighted by Crippen LogP contribution is -2.16. The van der Waals surface area contributed by atoms with E-state index in [9.17, 15) is 0 Å². The summed E-state index contributed by atoms with van der Waals surface area (Å²) in [7, 11) is 0. The van der Waals surface area contributed by atoms with Crippen LogP contribution in [0.4, 0.5) is 0 Å². The maximum absolute atomic E-state index is 5.93. The molecular weight excluding hydrogens is 174 g/mol. The molecule has 0 aromatic carbocycles. The number of rotatable bonds is 1. The Kier molecular flexibility index (Phi) is 2.07. The van der Waals surface area contributed by atoms with Crippen molar-refractivity contribution >= 4 is 11.6 Å². The average Bonchev–Trinajstić information content (AvgIpc) is 2.58. The van der Waals surface area contributed by atoms with E-state index >= 15 is 0 Å². The van der Waals surface area contributed by atoms with Crippen molar-refractivity contribution < 1.29 is 0 Å². The second-order valence-corrected chi connectivity index (χ2v) is 3.71. The smallest absolute Gasteiger partial charge is 0.127 e. The van der Waals surface area contributed by atoms with Gasteiger partial charge < -0.3 is 5.73 Å². The third-order valence-corrected chi connectivity index (χ3v) is 2.71. The second kappa shape index (κ2) is 3.07. The first-order chi connectivity index (χ1) is 5.77. The lowest BCUT2D eigenvalue weighted by Gasteiger charge is -2.10. The zero-order valence-corrected chi connectivity index (χ0v) is 7.54. The highest BCUT2D eigenvalue weighted by Gasteiger charge is 2.24. The van der Waals surface area contributed by atoms with Gasteiger partial charge in [-0.2, -0.15) is 5.10 Å². The maximum atomic E-state index is 5.93. The Morgan fingerprint density at radius 3 is 2.92 bits per heavy atom. The van der Waals surface area contributed by atoms with Gasteiger partial charge in [-0.1, -0.05) is 11.6 Å². The lowest BCUT2D eigenvalue weighted by molar-refractivity contribution is 0.461. The van der Waals surface area contributed by atoms with Crippen LogP contribution in [0.3, 0.4) is 0 Å².